The summed E-state index contributed by atoms with van der Waals surface area (Å²) in [5, 5.41) is 3.27. The van der Waals surface area contributed by atoms with Gasteiger partial charge in [-0.15, -0.1) is 11.8 Å². The molecule has 0 bridgehead atoms. The number of hydrogen-bond donors (Lipinski definition) is 1. The van der Waals surface area contributed by atoms with E-state index in [-0.39, 0.29) is 11.4 Å². The second-order valence-corrected chi connectivity index (χ2v) is 10.1. The number of nitrogens with one attached hydrogen (secondary N) is 1. The van der Waals surface area contributed by atoms with Crippen molar-refractivity contribution in [1.82, 2.24) is 0 Å². The summed E-state index contributed by atoms with van der Waals surface area (Å²) < 4.78 is 28.0. The van der Waals surface area contributed by atoms with Crippen LogP contribution in [0.25, 0.3) is 0 Å². The summed E-state index contributed by atoms with van der Waals surface area (Å²) in [6, 6.07) is 18.6. The second kappa shape index (κ2) is 9.77. The lowest BCUT2D eigenvalue weighted by Crippen LogP contribution is -2.38. The normalized spacial score (nSPS) is 11.2. The summed E-state index contributed by atoms with van der Waals surface area (Å²) >= 11 is 7.43. The van der Waals surface area contributed by atoms with Crippen LogP contribution in [0.2, 0.25) is 5.02 Å². The molecule has 1 amide bonds. The minimum absolute atomic E-state index is 0.0624. The van der Waals surface area contributed by atoms with Crippen LogP contribution in [0.15, 0.2) is 76.5 Å². The van der Waals surface area contributed by atoms with Gasteiger partial charge in [-0.1, -0.05) is 29.8 Å². The predicted octanol–water partition coefficient (Wildman–Crippen LogP) is 5.51. The smallest absolute Gasteiger partial charge is 0.264 e. The molecule has 162 valence electrons. The molecular weight excluding hydrogens is 452 g/mol. The SMILES string of the molecule is CSc1ccccc1NC(=O)CN(c1ccc(C)c(C)c1)S(=O)(=O)c1ccc(Cl)cc1. The number of aryl methyl sites for hydroxylation is 2. The molecule has 0 aliphatic carbocycles. The van der Waals surface area contributed by atoms with Gasteiger partial charge in [-0.25, -0.2) is 8.42 Å². The molecule has 31 heavy (non-hydrogen) atoms. The number of anilines is 2. The molecule has 0 aromatic heterocycles. The van der Waals surface area contributed by atoms with E-state index in [0.717, 1.165) is 20.3 Å². The number of rotatable bonds is 7. The van der Waals surface area contributed by atoms with Crippen molar-refractivity contribution >= 4 is 50.7 Å². The molecule has 0 aliphatic rings. The van der Waals surface area contributed by atoms with Crippen molar-refractivity contribution in [2.75, 3.05) is 22.4 Å². The van der Waals surface area contributed by atoms with Crippen LogP contribution in [0.3, 0.4) is 0 Å². The van der Waals surface area contributed by atoms with Crippen LogP contribution in [0.5, 0.6) is 0 Å². The second-order valence-electron chi connectivity index (χ2n) is 6.98. The highest BCUT2D eigenvalue weighted by Crippen LogP contribution is 2.28. The zero-order valence-electron chi connectivity index (χ0n) is 17.4. The van der Waals surface area contributed by atoms with E-state index >= 15 is 0 Å². The van der Waals surface area contributed by atoms with E-state index in [9.17, 15) is 13.2 Å². The van der Waals surface area contributed by atoms with Crippen LogP contribution in [0.4, 0.5) is 11.4 Å². The number of amides is 1. The monoisotopic (exact) mass is 474 g/mol. The fraction of sp³-hybridized carbons (Fsp3) is 0.174. The van der Waals surface area contributed by atoms with Gasteiger partial charge < -0.3 is 5.32 Å². The van der Waals surface area contributed by atoms with Gasteiger partial charge in [0.2, 0.25) is 5.91 Å². The van der Waals surface area contributed by atoms with E-state index in [1.165, 1.54) is 36.0 Å². The average molecular weight is 475 g/mol. The van der Waals surface area contributed by atoms with Gasteiger partial charge in [0.25, 0.3) is 10.0 Å². The van der Waals surface area contributed by atoms with E-state index in [1.54, 1.807) is 18.2 Å². The van der Waals surface area contributed by atoms with Crippen LogP contribution >= 0.6 is 23.4 Å². The van der Waals surface area contributed by atoms with Crippen molar-refractivity contribution in [3.05, 3.63) is 82.9 Å². The van der Waals surface area contributed by atoms with Gasteiger partial charge in [-0.05, 0) is 79.8 Å². The van der Waals surface area contributed by atoms with Crippen LogP contribution in [0.1, 0.15) is 11.1 Å². The Labute approximate surface area is 192 Å². The minimum Gasteiger partial charge on any atom is -0.323 e. The number of carbonyl (C=O) groups excluding carboxylic acids is 1. The van der Waals surface area contributed by atoms with Gasteiger partial charge in [0, 0.05) is 9.92 Å². The Morgan fingerprint density at radius 2 is 1.68 bits per heavy atom. The predicted molar refractivity (Wildman–Crippen MR) is 129 cm³/mol. The fourth-order valence-electron chi connectivity index (χ4n) is 3.00. The standard InChI is InChI=1S/C23H23ClN2O3S2/c1-16-8-11-19(14-17(16)2)26(31(28,29)20-12-9-18(24)10-13-20)15-23(27)25-21-6-4-5-7-22(21)30-3/h4-14H,15H2,1-3H3,(H,25,27). The highest BCUT2D eigenvalue weighted by Gasteiger charge is 2.27. The van der Waals surface area contributed by atoms with Gasteiger partial charge >= 0.3 is 0 Å². The topological polar surface area (TPSA) is 66.5 Å². The van der Waals surface area contributed by atoms with Crippen molar-refractivity contribution in [3.63, 3.8) is 0 Å². The number of para-hydroxylation sites is 1. The first kappa shape index (κ1) is 23.2. The van der Waals surface area contributed by atoms with Crippen LogP contribution < -0.4 is 9.62 Å². The third-order valence-corrected chi connectivity index (χ3v) is 7.68. The molecule has 8 heteroatoms. The van der Waals surface area contributed by atoms with Gasteiger partial charge in [0.05, 0.1) is 16.3 Å². The van der Waals surface area contributed by atoms with Crippen molar-refractivity contribution in [2.45, 2.75) is 23.6 Å². The number of halogens is 1. The van der Waals surface area contributed by atoms with Gasteiger partial charge in [-0.3, -0.25) is 9.10 Å². The lowest BCUT2D eigenvalue weighted by Gasteiger charge is -2.25. The molecule has 0 saturated carbocycles. The summed E-state index contributed by atoms with van der Waals surface area (Å²) in [6.45, 7) is 3.49. The molecule has 0 saturated heterocycles. The largest absolute Gasteiger partial charge is 0.323 e. The molecule has 5 nitrogen and oxygen atoms in total. The Hall–Kier alpha value is -2.48. The Kier molecular flexibility index (Phi) is 7.30. The molecule has 1 N–H and O–H groups in total. The first-order valence-electron chi connectivity index (χ1n) is 9.51. The first-order valence-corrected chi connectivity index (χ1v) is 12.5. The molecule has 3 aromatic rings. The molecule has 3 aromatic carbocycles. The highest BCUT2D eigenvalue weighted by atomic mass is 35.5. The quantitative estimate of drug-likeness (QED) is 0.458. The number of sulfonamides is 1. The lowest BCUT2D eigenvalue weighted by atomic mass is 10.1. The number of benzene rings is 3. The zero-order chi connectivity index (χ0) is 22.6. The van der Waals surface area contributed by atoms with Gasteiger partial charge in [0.15, 0.2) is 0 Å². The summed E-state index contributed by atoms with van der Waals surface area (Å²) in [5.74, 6) is -0.433. The fourth-order valence-corrected chi connectivity index (χ4v) is 5.09. The summed E-state index contributed by atoms with van der Waals surface area (Å²) in [4.78, 5) is 13.9. The minimum atomic E-state index is -3.99. The van der Waals surface area contributed by atoms with Crippen molar-refractivity contribution in [2.24, 2.45) is 0 Å². The van der Waals surface area contributed by atoms with E-state index in [2.05, 4.69) is 5.32 Å². The third kappa shape index (κ3) is 5.42. The molecule has 0 aliphatic heterocycles. The van der Waals surface area contributed by atoms with Crippen LogP contribution in [-0.4, -0.2) is 27.1 Å². The molecular formula is C23H23ClN2O3S2. The summed E-state index contributed by atoms with van der Waals surface area (Å²) in [5.41, 5.74) is 3.03. The molecule has 0 spiro atoms. The molecule has 0 atom stereocenters. The maximum atomic E-state index is 13.5. The Bertz CT molecular complexity index is 1200. The maximum absolute atomic E-state index is 13.5. The van der Waals surface area contributed by atoms with Crippen LogP contribution in [0, 0.1) is 13.8 Å². The lowest BCUT2D eigenvalue weighted by molar-refractivity contribution is -0.114. The molecule has 0 radical (unpaired) electrons. The molecule has 0 heterocycles. The Morgan fingerprint density at radius 3 is 2.32 bits per heavy atom. The highest BCUT2D eigenvalue weighted by molar-refractivity contribution is 7.98. The van der Waals surface area contributed by atoms with Gasteiger partial charge in [-0.2, -0.15) is 0 Å². The first-order chi connectivity index (χ1) is 14.7. The van der Waals surface area contributed by atoms with E-state index in [4.69, 9.17) is 11.6 Å². The van der Waals surface area contributed by atoms with Crippen molar-refractivity contribution in [3.8, 4) is 0 Å². The van der Waals surface area contributed by atoms with E-state index in [0.29, 0.717) is 16.4 Å². The molecule has 3 rings (SSSR count). The summed E-state index contributed by atoms with van der Waals surface area (Å²) in [6.07, 6.45) is 1.91. The number of nitrogens with zero attached hydrogens (tertiary/aromatic N) is 1. The third-order valence-electron chi connectivity index (χ3n) is 4.85. The average Bonchev–Trinajstić information content (AvgIpc) is 2.74. The number of hydrogen-bond acceptors (Lipinski definition) is 4. The zero-order valence-corrected chi connectivity index (χ0v) is 19.8. The van der Waals surface area contributed by atoms with Crippen LogP contribution in [-0.2, 0) is 14.8 Å². The summed E-state index contributed by atoms with van der Waals surface area (Å²) in [7, 11) is -3.99. The molecule has 0 fully saturated rings. The Morgan fingerprint density at radius 1 is 1.00 bits per heavy atom. The number of carbonyl (C=O) groups is 1. The van der Waals surface area contributed by atoms with Gasteiger partial charge in [0.1, 0.15) is 6.54 Å². The maximum Gasteiger partial charge on any atom is 0.264 e. The number of thioether (sulfide) groups is 1. The van der Waals surface area contributed by atoms with Crippen molar-refractivity contribution < 1.29 is 13.2 Å². The van der Waals surface area contributed by atoms with E-state index in [1.807, 2.05) is 44.4 Å². The molecule has 0 unspecified atom stereocenters. The van der Waals surface area contributed by atoms with Crippen molar-refractivity contribution in [1.29, 1.82) is 0 Å². The Balaban J connectivity index is 1.98. The van der Waals surface area contributed by atoms with E-state index < -0.39 is 15.9 Å².